The summed E-state index contributed by atoms with van der Waals surface area (Å²) >= 11 is 1.32. The van der Waals surface area contributed by atoms with Crippen molar-refractivity contribution < 1.29 is 18.9 Å². The second-order valence-electron chi connectivity index (χ2n) is 4.68. The summed E-state index contributed by atoms with van der Waals surface area (Å²) in [7, 11) is -1.41. The summed E-state index contributed by atoms with van der Waals surface area (Å²) in [5, 5.41) is 9.53. The molecule has 0 bridgehead atoms. The second-order valence-corrected chi connectivity index (χ2v) is 7.54. The zero-order chi connectivity index (χ0) is 12.9. The summed E-state index contributed by atoms with van der Waals surface area (Å²) < 4.78 is 12.4. The Morgan fingerprint density at radius 3 is 2.72 bits per heavy atom. The van der Waals surface area contributed by atoms with E-state index in [0.29, 0.717) is 24.2 Å². The summed E-state index contributed by atoms with van der Waals surface area (Å²) in [5.41, 5.74) is 0. The Bertz CT molecular complexity index is 520. The minimum atomic E-state index is -1.41. The molecule has 1 N–H and O–H groups in total. The zero-order valence-electron chi connectivity index (χ0n) is 9.50. The van der Waals surface area contributed by atoms with E-state index in [9.17, 15) is 18.9 Å². The molecule has 4 nitrogen and oxygen atoms in total. The number of carbonyl (C=O) groups is 2. The van der Waals surface area contributed by atoms with Crippen molar-refractivity contribution in [1.29, 1.82) is 0 Å². The summed E-state index contributed by atoms with van der Waals surface area (Å²) in [5.74, 6) is -0.540. The van der Waals surface area contributed by atoms with Crippen LogP contribution in [0.1, 0.15) is 19.3 Å². The molecule has 2 aliphatic carbocycles. The van der Waals surface area contributed by atoms with Gasteiger partial charge in [-0.15, -0.1) is 11.8 Å². The molecule has 3 aliphatic rings. The van der Waals surface area contributed by atoms with Gasteiger partial charge in [0.1, 0.15) is 4.91 Å². The lowest BCUT2D eigenvalue weighted by molar-refractivity contribution is -0.114. The topological polar surface area (TPSA) is 71.4 Å². The van der Waals surface area contributed by atoms with Crippen LogP contribution in [0.3, 0.4) is 0 Å². The van der Waals surface area contributed by atoms with Crippen LogP contribution in [0.15, 0.2) is 22.0 Å². The Labute approximate surface area is 111 Å². The molecular weight excluding hydrogens is 272 g/mol. The van der Waals surface area contributed by atoms with Gasteiger partial charge in [0.05, 0.1) is 27.1 Å². The van der Waals surface area contributed by atoms with Crippen LogP contribution in [0.4, 0.5) is 0 Å². The maximum absolute atomic E-state index is 12.4. The molecule has 1 aliphatic heterocycles. The molecular formula is C12H12O4S2. The Hall–Kier alpha value is -0.720. The molecule has 0 aromatic carbocycles. The fourth-order valence-electron chi connectivity index (χ4n) is 2.58. The van der Waals surface area contributed by atoms with Crippen LogP contribution in [-0.4, -0.2) is 37.5 Å². The van der Waals surface area contributed by atoms with Gasteiger partial charge in [0.15, 0.2) is 11.6 Å². The highest BCUT2D eigenvalue weighted by atomic mass is 32.2. The van der Waals surface area contributed by atoms with Gasteiger partial charge in [0, 0.05) is 5.25 Å². The van der Waals surface area contributed by atoms with E-state index in [1.165, 1.54) is 23.9 Å². The van der Waals surface area contributed by atoms with Crippen molar-refractivity contribution in [3.63, 3.8) is 0 Å². The van der Waals surface area contributed by atoms with E-state index in [1.54, 1.807) is 0 Å². The SMILES string of the molecule is O=C1C=CC(=O)C2=C1SC1CC(O)CCC1S2=O. The van der Waals surface area contributed by atoms with Crippen LogP contribution in [0.2, 0.25) is 0 Å². The lowest BCUT2D eigenvalue weighted by Crippen LogP contribution is -2.42. The third-order valence-corrected chi connectivity index (χ3v) is 7.18. The molecule has 6 heteroatoms. The van der Waals surface area contributed by atoms with E-state index in [-0.39, 0.29) is 33.1 Å². The summed E-state index contributed by atoms with van der Waals surface area (Å²) in [6.07, 6.45) is 3.87. The van der Waals surface area contributed by atoms with E-state index in [4.69, 9.17) is 0 Å². The first-order valence-corrected chi connectivity index (χ1v) is 7.93. The number of allylic oxidation sites excluding steroid dienone is 4. The Morgan fingerprint density at radius 2 is 1.94 bits per heavy atom. The highest BCUT2D eigenvalue weighted by molar-refractivity contribution is 8.07. The van der Waals surface area contributed by atoms with Crippen LogP contribution >= 0.6 is 11.8 Å². The summed E-state index contributed by atoms with van der Waals surface area (Å²) in [6, 6.07) is 0. The molecule has 0 aromatic heterocycles. The fourth-order valence-corrected chi connectivity index (χ4v) is 6.33. The first kappa shape index (κ1) is 12.3. The van der Waals surface area contributed by atoms with Crippen molar-refractivity contribution in [1.82, 2.24) is 0 Å². The highest BCUT2D eigenvalue weighted by Gasteiger charge is 2.44. The number of hydrogen-bond acceptors (Lipinski definition) is 5. The molecule has 1 heterocycles. The van der Waals surface area contributed by atoms with Crippen LogP contribution in [0.25, 0.3) is 0 Å². The lowest BCUT2D eigenvalue weighted by Gasteiger charge is -2.37. The molecule has 4 unspecified atom stereocenters. The molecule has 1 saturated carbocycles. The van der Waals surface area contributed by atoms with E-state index < -0.39 is 10.8 Å². The van der Waals surface area contributed by atoms with Crippen LogP contribution in [0, 0.1) is 0 Å². The molecule has 3 rings (SSSR count). The average Bonchev–Trinajstić information content (AvgIpc) is 2.33. The zero-order valence-corrected chi connectivity index (χ0v) is 11.1. The van der Waals surface area contributed by atoms with Crippen molar-refractivity contribution in [3.8, 4) is 0 Å². The number of aliphatic hydroxyl groups excluding tert-OH is 1. The van der Waals surface area contributed by atoms with Gasteiger partial charge in [0.2, 0.25) is 0 Å². The van der Waals surface area contributed by atoms with Gasteiger partial charge in [-0.25, -0.2) is 0 Å². The number of fused-ring (bicyclic) bond motifs is 1. The predicted octanol–water partition coefficient (Wildman–Crippen LogP) is 0.683. The Morgan fingerprint density at radius 1 is 1.22 bits per heavy atom. The van der Waals surface area contributed by atoms with E-state index >= 15 is 0 Å². The monoisotopic (exact) mass is 284 g/mol. The van der Waals surface area contributed by atoms with Gasteiger partial charge in [-0.2, -0.15) is 0 Å². The maximum atomic E-state index is 12.4. The molecule has 0 aromatic rings. The molecule has 18 heavy (non-hydrogen) atoms. The van der Waals surface area contributed by atoms with Gasteiger partial charge in [-0.3, -0.25) is 13.8 Å². The number of aliphatic hydroxyl groups is 1. The van der Waals surface area contributed by atoms with Crippen LogP contribution in [0.5, 0.6) is 0 Å². The van der Waals surface area contributed by atoms with Gasteiger partial charge in [-0.05, 0) is 31.4 Å². The lowest BCUT2D eigenvalue weighted by atomic mass is 9.97. The van der Waals surface area contributed by atoms with E-state index in [1.807, 2.05) is 0 Å². The summed E-state index contributed by atoms with van der Waals surface area (Å²) in [4.78, 5) is 24.0. The molecule has 0 radical (unpaired) electrons. The number of ketones is 2. The third kappa shape index (κ3) is 1.83. The minimum Gasteiger partial charge on any atom is -0.393 e. The molecule has 1 fully saturated rings. The molecule has 0 amide bonds. The molecule has 0 spiro atoms. The highest BCUT2D eigenvalue weighted by Crippen LogP contribution is 2.45. The smallest absolute Gasteiger partial charge is 0.196 e. The van der Waals surface area contributed by atoms with Crippen molar-refractivity contribution in [3.05, 3.63) is 22.0 Å². The average molecular weight is 284 g/mol. The fraction of sp³-hybridized carbons (Fsp3) is 0.500. The largest absolute Gasteiger partial charge is 0.393 e. The predicted molar refractivity (Wildman–Crippen MR) is 69.3 cm³/mol. The van der Waals surface area contributed by atoms with Gasteiger partial charge >= 0.3 is 0 Å². The van der Waals surface area contributed by atoms with Gasteiger partial charge in [0.25, 0.3) is 0 Å². The van der Waals surface area contributed by atoms with Crippen LogP contribution in [-0.2, 0) is 20.4 Å². The third-order valence-electron chi connectivity index (χ3n) is 3.49. The standard InChI is InChI=1S/C12H12O4S2/c13-6-1-4-10-9(5-6)17-11-7(14)2-3-8(15)12(11)18(10)16/h2-3,6,9-10,13H,1,4-5H2. The molecule has 4 atom stereocenters. The Balaban J connectivity index is 2.01. The van der Waals surface area contributed by atoms with Crippen molar-refractivity contribution in [2.45, 2.75) is 35.9 Å². The van der Waals surface area contributed by atoms with Gasteiger partial charge < -0.3 is 5.11 Å². The number of rotatable bonds is 0. The summed E-state index contributed by atoms with van der Waals surface area (Å²) in [6.45, 7) is 0. The van der Waals surface area contributed by atoms with E-state index in [2.05, 4.69) is 0 Å². The van der Waals surface area contributed by atoms with E-state index in [0.717, 1.165) is 0 Å². The number of hydrogen-bond donors (Lipinski definition) is 1. The van der Waals surface area contributed by atoms with Gasteiger partial charge in [-0.1, -0.05) is 0 Å². The maximum Gasteiger partial charge on any atom is 0.196 e. The van der Waals surface area contributed by atoms with Crippen molar-refractivity contribution in [2.75, 3.05) is 0 Å². The second kappa shape index (κ2) is 4.43. The number of carbonyl (C=O) groups excluding carboxylic acids is 2. The Kier molecular flexibility index (Phi) is 3.03. The minimum absolute atomic E-state index is 0.0171. The first-order valence-electron chi connectivity index (χ1n) is 5.84. The molecule has 96 valence electrons. The van der Waals surface area contributed by atoms with Crippen molar-refractivity contribution >= 4 is 34.1 Å². The normalized spacial score (nSPS) is 39.6. The van der Waals surface area contributed by atoms with Crippen molar-refractivity contribution in [2.24, 2.45) is 0 Å². The molecule has 0 saturated heterocycles. The number of thioether (sulfide) groups is 1. The first-order chi connectivity index (χ1) is 8.58. The van der Waals surface area contributed by atoms with Crippen LogP contribution < -0.4 is 0 Å². The quantitative estimate of drug-likeness (QED) is 0.662.